The van der Waals surface area contributed by atoms with Crippen LogP contribution in [-0.2, 0) is 0 Å². The molecule has 0 unspecified atom stereocenters. The number of hydrogen-bond donors (Lipinski definition) is 2. The molecule has 15 heavy (non-hydrogen) atoms. The maximum absolute atomic E-state index is 10.8. The molecule has 0 amide bonds. The molecule has 2 N–H and O–H groups in total. The van der Waals surface area contributed by atoms with E-state index in [2.05, 4.69) is 20.9 Å². The SMILES string of the molecule is O=C(O)c1nc2ccc(O)cc2cc1Br. The maximum atomic E-state index is 10.8. The number of carbonyl (C=O) groups is 1. The lowest BCUT2D eigenvalue weighted by atomic mass is 10.2. The van der Waals surface area contributed by atoms with Gasteiger partial charge in [-0.1, -0.05) is 0 Å². The minimum Gasteiger partial charge on any atom is -0.508 e. The summed E-state index contributed by atoms with van der Waals surface area (Å²) in [6, 6.07) is 6.18. The maximum Gasteiger partial charge on any atom is 0.355 e. The summed E-state index contributed by atoms with van der Waals surface area (Å²) in [5.74, 6) is -0.962. The monoisotopic (exact) mass is 267 g/mol. The van der Waals surface area contributed by atoms with Gasteiger partial charge in [-0.3, -0.25) is 0 Å². The third-order valence-electron chi connectivity index (χ3n) is 1.95. The minimum absolute atomic E-state index is 0.0341. The molecule has 0 spiro atoms. The summed E-state index contributed by atoms with van der Waals surface area (Å²) >= 11 is 3.12. The van der Waals surface area contributed by atoms with Crippen LogP contribution in [0, 0.1) is 0 Å². The fourth-order valence-electron chi connectivity index (χ4n) is 1.29. The number of aromatic nitrogens is 1. The van der Waals surface area contributed by atoms with Crippen molar-refractivity contribution in [1.82, 2.24) is 4.98 Å². The Hall–Kier alpha value is -1.62. The number of aromatic hydroxyl groups is 1. The van der Waals surface area contributed by atoms with Gasteiger partial charge in [-0.05, 0) is 40.2 Å². The van der Waals surface area contributed by atoms with Crippen LogP contribution >= 0.6 is 15.9 Å². The number of carboxylic acid groups (broad SMARTS) is 1. The Labute approximate surface area is 93.3 Å². The van der Waals surface area contributed by atoms with Crippen LogP contribution in [0.2, 0.25) is 0 Å². The normalized spacial score (nSPS) is 10.5. The van der Waals surface area contributed by atoms with E-state index in [1.165, 1.54) is 12.1 Å². The van der Waals surface area contributed by atoms with E-state index in [0.29, 0.717) is 15.4 Å². The van der Waals surface area contributed by atoms with Crippen molar-refractivity contribution in [3.8, 4) is 5.75 Å². The minimum atomic E-state index is -1.09. The number of hydrogen-bond acceptors (Lipinski definition) is 3. The predicted octanol–water partition coefficient (Wildman–Crippen LogP) is 2.40. The summed E-state index contributed by atoms with van der Waals surface area (Å²) in [5.41, 5.74) is 0.501. The van der Waals surface area contributed by atoms with Crippen molar-refractivity contribution in [2.45, 2.75) is 0 Å². The van der Waals surface area contributed by atoms with E-state index in [0.717, 1.165) is 0 Å². The van der Waals surface area contributed by atoms with Gasteiger partial charge >= 0.3 is 5.97 Å². The van der Waals surface area contributed by atoms with Gasteiger partial charge in [-0.15, -0.1) is 0 Å². The molecule has 76 valence electrons. The van der Waals surface area contributed by atoms with Crippen LogP contribution in [0.3, 0.4) is 0 Å². The third-order valence-corrected chi connectivity index (χ3v) is 2.56. The van der Waals surface area contributed by atoms with Crippen molar-refractivity contribution < 1.29 is 15.0 Å². The molecule has 5 heteroatoms. The summed E-state index contributed by atoms with van der Waals surface area (Å²) in [5, 5.41) is 18.8. The van der Waals surface area contributed by atoms with Gasteiger partial charge in [0.25, 0.3) is 0 Å². The summed E-state index contributed by atoms with van der Waals surface area (Å²) in [7, 11) is 0. The van der Waals surface area contributed by atoms with Crippen LogP contribution in [0.5, 0.6) is 5.75 Å². The molecule has 0 aliphatic rings. The molecule has 0 bridgehead atoms. The summed E-state index contributed by atoms with van der Waals surface area (Å²) in [6.07, 6.45) is 0. The molecule has 0 aliphatic heterocycles. The Morgan fingerprint density at radius 3 is 2.73 bits per heavy atom. The van der Waals surface area contributed by atoms with E-state index in [4.69, 9.17) is 5.11 Å². The number of halogens is 1. The zero-order valence-corrected chi connectivity index (χ0v) is 9.02. The Morgan fingerprint density at radius 2 is 2.07 bits per heavy atom. The molecule has 0 saturated carbocycles. The number of carboxylic acids is 1. The number of pyridine rings is 1. The van der Waals surface area contributed by atoms with Gasteiger partial charge in [-0.2, -0.15) is 0 Å². The first-order valence-corrected chi connectivity index (χ1v) is 4.90. The molecule has 1 aromatic carbocycles. The molecule has 0 atom stereocenters. The molecule has 0 fully saturated rings. The molecule has 4 nitrogen and oxygen atoms in total. The van der Waals surface area contributed by atoms with Crippen LogP contribution in [0.4, 0.5) is 0 Å². The number of phenols is 1. The number of nitrogens with zero attached hydrogens (tertiary/aromatic N) is 1. The first-order valence-electron chi connectivity index (χ1n) is 4.10. The summed E-state index contributed by atoms with van der Waals surface area (Å²) in [6.45, 7) is 0. The Bertz CT molecular complexity index is 554. The van der Waals surface area contributed by atoms with E-state index in [1.807, 2.05) is 0 Å². The van der Waals surface area contributed by atoms with Gasteiger partial charge < -0.3 is 10.2 Å². The van der Waals surface area contributed by atoms with E-state index < -0.39 is 5.97 Å². The van der Waals surface area contributed by atoms with Crippen LogP contribution < -0.4 is 0 Å². The molecular formula is C10H6BrNO3. The second-order valence-electron chi connectivity index (χ2n) is 3.00. The van der Waals surface area contributed by atoms with Crippen molar-refractivity contribution in [2.75, 3.05) is 0 Å². The molecule has 0 radical (unpaired) electrons. The van der Waals surface area contributed by atoms with E-state index in [9.17, 15) is 9.90 Å². The fourth-order valence-corrected chi connectivity index (χ4v) is 1.79. The molecule has 1 heterocycles. The molecule has 2 aromatic rings. The number of phenolic OH excluding ortho intramolecular Hbond substituents is 1. The molecule has 0 aliphatic carbocycles. The highest BCUT2D eigenvalue weighted by Gasteiger charge is 2.11. The first kappa shape index (κ1) is 9.92. The average molecular weight is 268 g/mol. The highest BCUT2D eigenvalue weighted by atomic mass is 79.9. The fraction of sp³-hybridized carbons (Fsp3) is 0. The Kier molecular flexibility index (Phi) is 2.32. The largest absolute Gasteiger partial charge is 0.508 e. The lowest BCUT2D eigenvalue weighted by molar-refractivity contribution is 0.0690. The van der Waals surface area contributed by atoms with Crippen LogP contribution in [0.25, 0.3) is 10.9 Å². The second kappa shape index (κ2) is 3.51. The van der Waals surface area contributed by atoms with E-state index in [-0.39, 0.29) is 11.4 Å². The van der Waals surface area contributed by atoms with Crippen molar-refractivity contribution in [1.29, 1.82) is 0 Å². The lowest BCUT2D eigenvalue weighted by Crippen LogP contribution is -2.01. The number of fused-ring (bicyclic) bond motifs is 1. The number of aromatic carboxylic acids is 1. The highest BCUT2D eigenvalue weighted by Crippen LogP contribution is 2.24. The number of rotatable bonds is 1. The van der Waals surface area contributed by atoms with Crippen molar-refractivity contribution in [2.24, 2.45) is 0 Å². The van der Waals surface area contributed by atoms with Crippen molar-refractivity contribution in [3.63, 3.8) is 0 Å². The number of benzene rings is 1. The van der Waals surface area contributed by atoms with Crippen molar-refractivity contribution >= 4 is 32.8 Å². The van der Waals surface area contributed by atoms with Gasteiger partial charge in [-0.25, -0.2) is 9.78 Å². The van der Waals surface area contributed by atoms with Gasteiger partial charge in [0.05, 0.1) is 9.99 Å². The van der Waals surface area contributed by atoms with E-state index in [1.54, 1.807) is 12.1 Å². The first-order chi connectivity index (χ1) is 7.08. The second-order valence-corrected chi connectivity index (χ2v) is 3.86. The van der Waals surface area contributed by atoms with Gasteiger partial charge in [0.15, 0.2) is 5.69 Å². The van der Waals surface area contributed by atoms with E-state index >= 15 is 0 Å². The Morgan fingerprint density at radius 1 is 1.33 bits per heavy atom. The summed E-state index contributed by atoms with van der Waals surface area (Å²) < 4.78 is 0.396. The van der Waals surface area contributed by atoms with Gasteiger partial charge in [0, 0.05) is 5.39 Å². The van der Waals surface area contributed by atoms with Gasteiger partial charge in [0.1, 0.15) is 5.75 Å². The highest BCUT2D eigenvalue weighted by molar-refractivity contribution is 9.10. The van der Waals surface area contributed by atoms with Gasteiger partial charge in [0.2, 0.25) is 0 Å². The quantitative estimate of drug-likeness (QED) is 0.833. The summed E-state index contributed by atoms with van der Waals surface area (Å²) in [4.78, 5) is 14.7. The average Bonchev–Trinajstić information content (AvgIpc) is 2.15. The zero-order chi connectivity index (χ0) is 11.0. The predicted molar refractivity (Wildman–Crippen MR) is 58.1 cm³/mol. The van der Waals surface area contributed by atoms with Crippen LogP contribution in [0.15, 0.2) is 28.7 Å². The topological polar surface area (TPSA) is 70.4 Å². The smallest absolute Gasteiger partial charge is 0.355 e. The molecule has 0 saturated heterocycles. The lowest BCUT2D eigenvalue weighted by Gasteiger charge is -2.02. The van der Waals surface area contributed by atoms with Crippen LogP contribution in [0.1, 0.15) is 10.5 Å². The van der Waals surface area contributed by atoms with Crippen LogP contribution in [-0.4, -0.2) is 21.2 Å². The standard InChI is InChI=1S/C10H6BrNO3/c11-7-4-5-3-6(13)1-2-8(5)12-9(7)10(14)15/h1-4,13H,(H,14,15). The molecular weight excluding hydrogens is 262 g/mol. The molecule has 2 rings (SSSR count). The zero-order valence-electron chi connectivity index (χ0n) is 7.44. The molecule has 1 aromatic heterocycles. The van der Waals surface area contributed by atoms with Crippen molar-refractivity contribution in [3.05, 3.63) is 34.4 Å². The third kappa shape index (κ3) is 1.78. The Balaban J connectivity index is 2.76.